The number of anilines is 2. The average molecular weight is 425 g/mol. The van der Waals surface area contributed by atoms with Crippen molar-refractivity contribution in [3.63, 3.8) is 0 Å². The molecule has 2 aromatic rings. The van der Waals surface area contributed by atoms with Crippen LogP contribution in [0.2, 0.25) is 0 Å². The molecule has 0 aliphatic carbocycles. The molecule has 156 valence electrons. The molecule has 1 aliphatic rings. The van der Waals surface area contributed by atoms with E-state index in [4.69, 9.17) is 0 Å². The first-order valence-electron chi connectivity index (χ1n) is 9.04. The fourth-order valence-electron chi connectivity index (χ4n) is 3.18. The van der Waals surface area contributed by atoms with Crippen LogP contribution < -0.4 is 9.62 Å². The molecule has 0 saturated carbocycles. The van der Waals surface area contributed by atoms with Crippen molar-refractivity contribution >= 4 is 27.4 Å². The summed E-state index contributed by atoms with van der Waals surface area (Å²) in [4.78, 5) is 15.1. The standard InChI is InChI=1S/C19H21F2N3O4S/c1-2-23-7-9-24(10-8-23)18-6-3-13(19(25)26)11-17(18)22-29(27,28)14-4-5-15(20)16(21)12-14/h3-6,11-12,22H,2,7-10H2,1H3,(H,25,26). The minimum absolute atomic E-state index is 0.0691. The first-order chi connectivity index (χ1) is 13.7. The predicted octanol–water partition coefficient (Wildman–Crippen LogP) is 2.61. The van der Waals surface area contributed by atoms with E-state index in [1.54, 1.807) is 6.07 Å². The normalized spacial score (nSPS) is 15.3. The quantitative estimate of drug-likeness (QED) is 0.740. The minimum Gasteiger partial charge on any atom is -0.478 e. The lowest BCUT2D eigenvalue weighted by Crippen LogP contribution is -2.46. The molecule has 3 rings (SSSR count). The molecule has 0 bridgehead atoms. The van der Waals surface area contributed by atoms with Gasteiger partial charge in [0.15, 0.2) is 11.6 Å². The van der Waals surface area contributed by atoms with Gasteiger partial charge in [-0.3, -0.25) is 4.72 Å². The van der Waals surface area contributed by atoms with Crippen molar-refractivity contribution in [2.45, 2.75) is 11.8 Å². The maximum Gasteiger partial charge on any atom is 0.335 e. The van der Waals surface area contributed by atoms with Gasteiger partial charge in [-0.15, -0.1) is 0 Å². The van der Waals surface area contributed by atoms with Crippen molar-refractivity contribution in [1.82, 2.24) is 4.90 Å². The van der Waals surface area contributed by atoms with Crippen LogP contribution in [0.25, 0.3) is 0 Å². The van der Waals surface area contributed by atoms with Crippen LogP contribution in [0.5, 0.6) is 0 Å². The number of likely N-dealkylation sites (N-methyl/N-ethyl adjacent to an activating group) is 1. The molecule has 1 fully saturated rings. The zero-order valence-corrected chi connectivity index (χ0v) is 16.5. The van der Waals surface area contributed by atoms with Gasteiger partial charge in [0.25, 0.3) is 10.0 Å². The van der Waals surface area contributed by atoms with Crippen LogP contribution in [0.3, 0.4) is 0 Å². The van der Waals surface area contributed by atoms with Crippen molar-refractivity contribution in [2.24, 2.45) is 0 Å². The van der Waals surface area contributed by atoms with Crippen molar-refractivity contribution in [3.8, 4) is 0 Å². The molecule has 1 aliphatic heterocycles. The van der Waals surface area contributed by atoms with Gasteiger partial charge in [-0.05, 0) is 42.9 Å². The molecule has 1 saturated heterocycles. The number of sulfonamides is 1. The number of hydrogen-bond donors (Lipinski definition) is 2. The number of hydrogen-bond acceptors (Lipinski definition) is 5. The van der Waals surface area contributed by atoms with E-state index in [9.17, 15) is 27.1 Å². The number of halogens is 2. The topological polar surface area (TPSA) is 89.9 Å². The summed E-state index contributed by atoms with van der Waals surface area (Å²) in [5.74, 6) is -3.66. The van der Waals surface area contributed by atoms with Gasteiger partial charge in [0.05, 0.1) is 21.8 Å². The third-order valence-electron chi connectivity index (χ3n) is 4.85. The van der Waals surface area contributed by atoms with Crippen LogP contribution in [0.1, 0.15) is 17.3 Å². The van der Waals surface area contributed by atoms with E-state index >= 15 is 0 Å². The maximum absolute atomic E-state index is 13.5. The third-order valence-corrected chi connectivity index (χ3v) is 6.21. The average Bonchev–Trinajstić information content (AvgIpc) is 2.69. The van der Waals surface area contributed by atoms with E-state index in [1.807, 2.05) is 4.90 Å². The molecule has 2 N–H and O–H groups in total. The molecule has 29 heavy (non-hydrogen) atoms. The Bertz CT molecular complexity index is 1020. The number of benzene rings is 2. The predicted molar refractivity (Wildman–Crippen MR) is 105 cm³/mol. The summed E-state index contributed by atoms with van der Waals surface area (Å²) in [5.41, 5.74) is 0.500. The summed E-state index contributed by atoms with van der Waals surface area (Å²) in [7, 11) is -4.26. The van der Waals surface area contributed by atoms with E-state index in [0.717, 1.165) is 31.8 Å². The summed E-state index contributed by atoms with van der Waals surface area (Å²) in [6.45, 7) is 5.81. The Morgan fingerprint density at radius 1 is 1.07 bits per heavy atom. The molecule has 0 aromatic heterocycles. The van der Waals surface area contributed by atoms with Gasteiger partial charge in [-0.2, -0.15) is 0 Å². The Hall–Kier alpha value is -2.72. The Balaban J connectivity index is 1.96. The highest BCUT2D eigenvalue weighted by atomic mass is 32.2. The number of carboxylic acids is 1. The van der Waals surface area contributed by atoms with E-state index < -0.39 is 32.5 Å². The minimum atomic E-state index is -4.26. The number of carboxylic acid groups (broad SMARTS) is 1. The Morgan fingerprint density at radius 2 is 1.76 bits per heavy atom. The number of aromatic carboxylic acids is 1. The van der Waals surface area contributed by atoms with Gasteiger partial charge in [0.1, 0.15) is 0 Å². The molecule has 0 atom stereocenters. The van der Waals surface area contributed by atoms with Gasteiger partial charge in [0.2, 0.25) is 0 Å². The summed E-state index contributed by atoms with van der Waals surface area (Å²) < 4.78 is 54.4. The van der Waals surface area contributed by atoms with Crippen LogP contribution in [-0.4, -0.2) is 57.1 Å². The highest BCUT2D eigenvalue weighted by Crippen LogP contribution is 2.30. The third kappa shape index (κ3) is 4.65. The Labute approximate surface area is 167 Å². The second-order valence-corrected chi connectivity index (χ2v) is 8.32. The highest BCUT2D eigenvalue weighted by Gasteiger charge is 2.23. The van der Waals surface area contributed by atoms with E-state index in [1.165, 1.54) is 12.1 Å². The molecule has 0 radical (unpaired) electrons. The fraction of sp³-hybridized carbons (Fsp3) is 0.316. The summed E-state index contributed by atoms with van der Waals surface area (Å²) in [5, 5.41) is 9.27. The molecule has 10 heteroatoms. The zero-order chi connectivity index (χ0) is 21.2. The fourth-order valence-corrected chi connectivity index (χ4v) is 4.26. The first kappa shape index (κ1) is 21.0. The molecule has 2 aromatic carbocycles. The molecular weight excluding hydrogens is 404 g/mol. The lowest BCUT2D eigenvalue weighted by molar-refractivity contribution is 0.0697. The van der Waals surface area contributed by atoms with Crippen LogP contribution in [0.15, 0.2) is 41.3 Å². The van der Waals surface area contributed by atoms with Gasteiger partial charge in [-0.25, -0.2) is 22.0 Å². The van der Waals surface area contributed by atoms with Gasteiger partial charge in [0, 0.05) is 26.2 Å². The monoisotopic (exact) mass is 425 g/mol. The summed E-state index contributed by atoms with van der Waals surface area (Å²) >= 11 is 0. The van der Waals surface area contributed by atoms with Crippen molar-refractivity contribution in [2.75, 3.05) is 42.3 Å². The number of piperazine rings is 1. The second-order valence-electron chi connectivity index (χ2n) is 6.64. The van der Waals surface area contributed by atoms with Crippen LogP contribution in [0, 0.1) is 11.6 Å². The van der Waals surface area contributed by atoms with Crippen molar-refractivity contribution in [3.05, 3.63) is 53.6 Å². The van der Waals surface area contributed by atoms with E-state index in [2.05, 4.69) is 16.5 Å². The van der Waals surface area contributed by atoms with Crippen LogP contribution in [-0.2, 0) is 10.0 Å². The number of carbonyl (C=O) groups is 1. The lowest BCUT2D eigenvalue weighted by Gasteiger charge is -2.36. The smallest absolute Gasteiger partial charge is 0.335 e. The number of nitrogens with zero attached hydrogens (tertiary/aromatic N) is 2. The molecule has 0 unspecified atom stereocenters. The molecule has 7 nitrogen and oxygen atoms in total. The molecular formula is C19H21F2N3O4S. The Kier molecular flexibility index (Phi) is 6.04. The van der Waals surface area contributed by atoms with Crippen molar-refractivity contribution in [1.29, 1.82) is 0 Å². The first-order valence-corrected chi connectivity index (χ1v) is 10.5. The van der Waals surface area contributed by atoms with E-state index in [0.29, 0.717) is 24.8 Å². The molecule has 0 amide bonds. The largest absolute Gasteiger partial charge is 0.478 e. The summed E-state index contributed by atoms with van der Waals surface area (Å²) in [6.07, 6.45) is 0. The second kappa shape index (κ2) is 8.34. The van der Waals surface area contributed by atoms with Gasteiger partial charge < -0.3 is 14.9 Å². The number of rotatable bonds is 6. The van der Waals surface area contributed by atoms with E-state index in [-0.39, 0.29) is 11.3 Å². The van der Waals surface area contributed by atoms with Gasteiger partial charge >= 0.3 is 5.97 Å². The Morgan fingerprint density at radius 3 is 2.34 bits per heavy atom. The van der Waals surface area contributed by atoms with Crippen molar-refractivity contribution < 1.29 is 27.1 Å². The molecule has 0 spiro atoms. The SMILES string of the molecule is CCN1CCN(c2ccc(C(=O)O)cc2NS(=O)(=O)c2ccc(F)c(F)c2)CC1. The van der Waals surface area contributed by atoms with Crippen LogP contribution in [0.4, 0.5) is 20.2 Å². The highest BCUT2D eigenvalue weighted by molar-refractivity contribution is 7.92. The maximum atomic E-state index is 13.5. The lowest BCUT2D eigenvalue weighted by atomic mass is 10.1. The molecule has 1 heterocycles. The van der Waals surface area contributed by atoms with Crippen LogP contribution >= 0.6 is 0 Å². The number of nitrogens with one attached hydrogen (secondary N) is 1. The zero-order valence-electron chi connectivity index (χ0n) is 15.7. The van der Waals surface area contributed by atoms with Gasteiger partial charge in [-0.1, -0.05) is 6.92 Å². The summed E-state index contributed by atoms with van der Waals surface area (Å²) in [6, 6.07) is 6.43.